The molecule has 0 bridgehead atoms. The van der Waals surface area contributed by atoms with Gasteiger partial charge in [0, 0.05) is 24.4 Å². The van der Waals surface area contributed by atoms with Crippen LogP contribution in [0.15, 0.2) is 24.5 Å². The fraction of sp³-hybridized carbons (Fsp3) is 0.364. The van der Waals surface area contributed by atoms with Gasteiger partial charge in [-0.25, -0.2) is 0 Å². The molecule has 1 unspecified atom stereocenters. The van der Waals surface area contributed by atoms with Crippen molar-refractivity contribution in [3.63, 3.8) is 0 Å². The van der Waals surface area contributed by atoms with Gasteiger partial charge in [0.15, 0.2) is 0 Å². The summed E-state index contributed by atoms with van der Waals surface area (Å²) in [6.07, 6.45) is 2.60. The number of hydrogen-bond acceptors (Lipinski definition) is 5. The summed E-state index contributed by atoms with van der Waals surface area (Å²) in [5.74, 6) is 0.421. The van der Waals surface area contributed by atoms with Crippen LogP contribution in [0, 0.1) is 0 Å². The maximum Gasteiger partial charge on any atom is 0.233 e. The van der Waals surface area contributed by atoms with Gasteiger partial charge in [-0.05, 0) is 13.0 Å². The number of aromatic nitrogens is 4. The second-order valence-electron chi connectivity index (χ2n) is 3.53. The highest BCUT2D eigenvalue weighted by molar-refractivity contribution is 5.22. The number of ether oxygens (including phenoxy) is 1. The first-order chi connectivity index (χ1) is 8.24. The Morgan fingerprint density at radius 1 is 1.41 bits per heavy atom. The molecule has 0 saturated carbocycles. The molecule has 0 radical (unpaired) electrons. The van der Waals surface area contributed by atoms with E-state index in [0.29, 0.717) is 17.1 Å². The molecule has 0 aliphatic carbocycles. The lowest BCUT2D eigenvalue weighted by atomic mass is 10.1. The summed E-state index contributed by atoms with van der Waals surface area (Å²) in [4.78, 5) is 0. The van der Waals surface area contributed by atoms with Crippen LogP contribution in [0.1, 0.15) is 24.3 Å². The van der Waals surface area contributed by atoms with Crippen molar-refractivity contribution < 1.29 is 9.84 Å². The van der Waals surface area contributed by atoms with Crippen LogP contribution in [0.3, 0.4) is 0 Å². The number of nitrogens with zero attached hydrogens (tertiary/aromatic N) is 4. The predicted molar refractivity (Wildman–Crippen MR) is 60.5 cm³/mol. The van der Waals surface area contributed by atoms with Gasteiger partial charge >= 0.3 is 0 Å². The van der Waals surface area contributed by atoms with Crippen LogP contribution in [0.5, 0.6) is 5.88 Å². The molecule has 1 N–H and O–H groups in total. The van der Waals surface area contributed by atoms with Crippen molar-refractivity contribution in [3.8, 4) is 5.88 Å². The Bertz CT molecular complexity index is 480. The molecule has 0 fully saturated rings. The van der Waals surface area contributed by atoms with Crippen LogP contribution >= 0.6 is 0 Å². The van der Waals surface area contributed by atoms with Crippen LogP contribution < -0.4 is 4.74 Å². The molecular formula is C11H14N4O2. The van der Waals surface area contributed by atoms with Gasteiger partial charge in [-0.1, -0.05) is 0 Å². The molecule has 0 aliphatic heterocycles. The largest absolute Gasteiger partial charge is 0.480 e. The Labute approximate surface area is 98.9 Å². The summed E-state index contributed by atoms with van der Waals surface area (Å²) in [6, 6.07) is 3.34. The van der Waals surface area contributed by atoms with Gasteiger partial charge in [0.25, 0.3) is 0 Å². The van der Waals surface area contributed by atoms with Gasteiger partial charge in [-0.2, -0.15) is 5.10 Å². The molecule has 2 heterocycles. The lowest BCUT2D eigenvalue weighted by Crippen LogP contribution is -2.03. The second-order valence-corrected chi connectivity index (χ2v) is 3.53. The molecule has 0 aliphatic rings. The zero-order valence-corrected chi connectivity index (χ0v) is 9.74. The molecule has 2 aromatic rings. The summed E-state index contributed by atoms with van der Waals surface area (Å²) in [6.45, 7) is 2.75. The Balaban J connectivity index is 2.20. The van der Waals surface area contributed by atoms with E-state index < -0.39 is 6.10 Å². The highest BCUT2D eigenvalue weighted by atomic mass is 16.5. The quantitative estimate of drug-likeness (QED) is 0.846. The van der Waals surface area contributed by atoms with Gasteiger partial charge in [-0.3, -0.25) is 4.68 Å². The first kappa shape index (κ1) is 11.5. The fourth-order valence-corrected chi connectivity index (χ4v) is 1.45. The maximum atomic E-state index is 10.1. The van der Waals surface area contributed by atoms with Crippen molar-refractivity contribution >= 4 is 0 Å². The average Bonchev–Trinajstić information content (AvgIpc) is 2.87. The van der Waals surface area contributed by atoms with Crippen molar-refractivity contribution in [3.05, 3.63) is 35.8 Å². The van der Waals surface area contributed by atoms with E-state index in [9.17, 15) is 5.11 Å². The Morgan fingerprint density at radius 2 is 2.24 bits per heavy atom. The first-order valence-corrected chi connectivity index (χ1v) is 5.32. The summed E-state index contributed by atoms with van der Waals surface area (Å²) in [5.41, 5.74) is 1.17. The SMILES string of the molecule is CCn1cc(C(O)c2ccc(OC)nn2)cn1. The van der Waals surface area contributed by atoms with Crippen LogP contribution in [0.4, 0.5) is 0 Å². The average molecular weight is 234 g/mol. The minimum Gasteiger partial charge on any atom is -0.480 e. The summed E-state index contributed by atoms with van der Waals surface area (Å²) >= 11 is 0. The minimum absolute atomic E-state index is 0.421. The van der Waals surface area contributed by atoms with E-state index in [2.05, 4.69) is 15.3 Å². The van der Waals surface area contributed by atoms with Gasteiger partial charge in [0.2, 0.25) is 5.88 Å². The molecular weight excluding hydrogens is 220 g/mol. The number of rotatable bonds is 4. The number of aryl methyl sites for hydroxylation is 1. The maximum absolute atomic E-state index is 10.1. The summed E-state index contributed by atoms with van der Waals surface area (Å²) in [7, 11) is 1.52. The van der Waals surface area contributed by atoms with Crippen molar-refractivity contribution in [2.75, 3.05) is 7.11 Å². The van der Waals surface area contributed by atoms with Gasteiger partial charge in [0.05, 0.1) is 19.0 Å². The summed E-state index contributed by atoms with van der Waals surface area (Å²) < 4.78 is 6.65. The Kier molecular flexibility index (Phi) is 3.34. The monoisotopic (exact) mass is 234 g/mol. The van der Waals surface area contributed by atoms with Crippen LogP contribution in [-0.4, -0.2) is 32.2 Å². The van der Waals surface area contributed by atoms with E-state index in [1.807, 2.05) is 6.92 Å². The molecule has 6 nitrogen and oxygen atoms in total. The van der Waals surface area contributed by atoms with Crippen molar-refractivity contribution in [1.82, 2.24) is 20.0 Å². The lowest BCUT2D eigenvalue weighted by Gasteiger charge is -2.07. The first-order valence-electron chi connectivity index (χ1n) is 5.32. The Morgan fingerprint density at radius 3 is 2.76 bits per heavy atom. The normalized spacial score (nSPS) is 12.4. The molecule has 0 saturated heterocycles. The number of methoxy groups -OCH3 is 1. The van der Waals surface area contributed by atoms with Crippen LogP contribution in [0.2, 0.25) is 0 Å². The molecule has 90 valence electrons. The van der Waals surface area contributed by atoms with Gasteiger partial charge in [0.1, 0.15) is 6.10 Å². The van der Waals surface area contributed by atoms with E-state index in [1.54, 1.807) is 29.2 Å². The third kappa shape index (κ3) is 2.42. The third-order valence-electron chi connectivity index (χ3n) is 2.44. The standard InChI is InChI=1S/C11H14N4O2/c1-3-15-7-8(6-12-15)11(16)9-4-5-10(17-2)14-13-9/h4-7,11,16H,3H2,1-2H3. The van der Waals surface area contributed by atoms with E-state index in [0.717, 1.165) is 6.54 Å². The van der Waals surface area contributed by atoms with Gasteiger partial charge in [-0.15, -0.1) is 10.2 Å². The molecule has 17 heavy (non-hydrogen) atoms. The lowest BCUT2D eigenvalue weighted by molar-refractivity contribution is 0.213. The molecule has 1 atom stereocenters. The Hall–Kier alpha value is -1.95. The van der Waals surface area contributed by atoms with E-state index >= 15 is 0 Å². The summed E-state index contributed by atoms with van der Waals surface area (Å²) in [5, 5.41) is 21.9. The van der Waals surface area contributed by atoms with Gasteiger partial charge < -0.3 is 9.84 Å². The fourth-order valence-electron chi connectivity index (χ4n) is 1.45. The third-order valence-corrected chi connectivity index (χ3v) is 2.44. The van der Waals surface area contributed by atoms with E-state index in [-0.39, 0.29) is 0 Å². The molecule has 6 heteroatoms. The van der Waals surface area contributed by atoms with Crippen LogP contribution in [-0.2, 0) is 6.54 Å². The van der Waals surface area contributed by atoms with Crippen LogP contribution in [0.25, 0.3) is 0 Å². The number of aliphatic hydroxyl groups excluding tert-OH is 1. The highest BCUT2D eigenvalue weighted by Crippen LogP contribution is 2.19. The van der Waals surface area contributed by atoms with E-state index in [4.69, 9.17) is 4.74 Å². The second kappa shape index (κ2) is 4.92. The molecule has 0 aromatic carbocycles. The molecule has 2 rings (SSSR count). The highest BCUT2D eigenvalue weighted by Gasteiger charge is 2.14. The van der Waals surface area contributed by atoms with Crippen molar-refractivity contribution in [1.29, 1.82) is 0 Å². The number of hydrogen-bond donors (Lipinski definition) is 1. The van der Waals surface area contributed by atoms with E-state index in [1.165, 1.54) is 7.11 Å². The minimum atomic E-state index is -0.811. The topological polar surface area (TPSA) is 73.1 Å². The molecule has 2 aromatic heterocycles. The smallest absolute Gasteiger partial charge is 0.233 e. The van der Waals surface area contributed by atoms with Crippen molar-refractivity contribution in [2.24, 2.45) is 0 Å². The zero-order valence-electron chi connectivity index (χ0n) is 9.74. The zero-order chi connectivity index (χ0) is 12.3. The number of aliphatic hydroxyl groups is 1. The molecule has 0 spiro atoms. The molecule has 0 amide bonds. The van der Waals surface area contributed by atoms with Crippen molar-refractivity contribution in [2.45, 2.75) is 19.6 Å². The predicted octanol–water partition coefficient (Wildman–Crippen LogP) is 0.783.